The van der Waals surface area contributed by atoms with Gasteiger partial charge in [-0.3, -0.25) is 4.79 Å². The van der Waals surface area contributed by atoms with Crippen LogP contribution >= 0.6 is 0 Å². The second kappa shape index (κ2) is 5.95. The average Bonchev–Trinajstić information content (AvgIpc) is 2.50. The van der Waals surface area contributed by atoms with Crippen LogP contribution in [0.5, 0.6) is 0 Å². The molecule has 0 bridgehead atoms. The third kappa shape index (κ3) is 3.60. The van der Waals surface area contributed by atoms with E-state index < -0.39 is 9.84 Å². The molecule has 110 valence electrons. The Morgan fingerprint density at radius 2 is 2.10 bits per heavy atom. The van der Waals surface area contributed by atoms with Gasteiger partial charge in [-0.1, -0.05) is 29.8 Å². The molecule has 0 N–H and O–H groups in total. The van der Waals surface area contributed by atoms with Crippen molar-refractivity contribution < 1.29 is 13.2 Å². The van der Waals surface area contributed by atoms with E-state index in [2.05, 4.69) is 0 Å². The number of rotatable bonds is 2. The van der Waals surface area contributed by atoms with E-state index in [1.165, 1.54) is 0 Å². The highest BCUT2D eigenvalue weighted by Gasteiger charge is 2.28. The van der Waals surface area contributed by atoms with Gasteiger partial charge in [0.15, 0.2) is 9.84 Å². The maximum Gasteiger partial charge on any atom is 0.227 e. The number of nitrogens with zero attached hydrogens (tertiary/aromatic N) is 1. The van der Waals surface area contributed by atoms with E-state index in [0.717, 1.165) is 11.1 Å². The normalized spacial score (nSPS) is 22.3. The lowest BCUT2D eigenvalue weighted by molar-refractivity contribution is -0.130. The molecule has 1 fully saturated rings. The summed E-state index contributed by atoms with van der Waals surface area (Å²) < 4.78 is 23.7. The Morgan fingerprint density at radius 1 is 1.35 bits per heavy atom. The first-order valence-corrected chi connectivity index (χ1v) is 8.65. The molecule has 4 nitrogen and oxygen atoms in total. The lowest BCUT2D eigenvalue weighted by Crippen LogP contribution is -2.34. The van der Waals surface area contributed by atoms with Gasteiger partial charge < -0.3 is 4.90 Å². The summed E-state index contributed by atoms with van der Waals surface area (Å²) in [6, 6.07) is 7.86. The molecule has 0 saturated carbocycles. The van der Waals surface area contributed by atoms with Crippen LogP contribution in [0.3, 0.4) is 0 Å². The number of hydrogen-bond acceptors (Lipinski definition) is 3. The van der Waals surface area contributed by atoms with Gasteiger partial charge >= 0.3 is 0 Å². The van der Waals surface area contributed by atoms with Crippen molar-refractivity contribution in [1.29, 1.82) is 0 Å². The van der Waals surface area contributed by atoms with E-state index in [4.69, 9.17) is 0 Å². The molecule has 5 heteroatoms. The fourth-order valence-corrected chi connectivity index (χ4v) is 3.77. The maximum atomic E-state index is 12.3. The third-order valence-corrected chi connectivity index (χ3v) is 6.07. The Kier molecular flexibility index (Phi) is 4.48. The van der Waals surface area contributed by atoms with Crippen molar-refractivity contribution in [2.24, 2.45) is 0 Å². The Labute approximate surface area is 120 Å². The van der Waals surface area contributed by atoms with Crippen LogP contribution in [0.15, 0.2) is 24.3 Å². The fraction of sp³-hybridized carbons (Fsp3) is 0.533. The number of carbonyl (C=O) groups is 1. The number of carbonyl (C=O) groups excluding carboxylic acids is 1. The first-order valence-electron chi connectivity index (χ1n) is 6.93. The van der Waals surface area contributed by atoms with Gasteiger partial charge in [-0.05, 0) is 25.8 Å². The minimum absolute atomic E-state index is 0.0138. The topological polar surface area (TPSA) is 54.5 Å². The molecule has 1 saturated heterocycles. The Bertz CT molecular complexity index is 595. The average molecular weight is 295 g/mol. The Balaban J connectivity index is 2.03. The van der Waals surface area contributed by atoms with E-state index in [0.29, 0.717) is 25.9 Å². The van der Waals surface area contributed by atoms with Crippen molar-refractivity contribution in [3.63, 3.8) is 0 Å². The lowest BCUT2D eigenvalue weighted by Gasteiger charge is -2.20. The maximum absolute atomic E-state index is 12.3. The summed E-state index contributed by atoms with van der Waals surface area (Å²) in [6.07, 6.45) is 0.873. The molecular formula is C15H21NO3S. The molecule has 1 amide bonds. The summed E-state index contributed by atoms with van der Waals surface area (Å²) in [5.74, 6) is 0.0909. The molecule has 0 aromatic heterocycles. The zero-order chi connectivity index (χ0) is 14.8. The van der Waals surface area contributed by atoms with E-state index in [9.17, 15) is 13.2 Å². The van der Waals surface area contributed by atoms with Gasteiger partial charge in [0.1, 0.15) is 0 Å². The highest BCUT2D eigenvalue weighted by molar-refractivity contribution is 7.92. The van der Waals surface area contributed by atoms with Crippen LogP contribution in [0.25, 0.3) is 0 Å². The first kappa shape index (κ1) is 15.0. The van der Waals surface area contributed by atoms with Gasteiger partial charge in [0.2, 0.25) is 5.91 Å². The second-order valence-corrected chi connectivity index (χ2v) is 8.05. The number of aryl methyl sites for hydroxylation is 1. The van der Waals surface area contributed by atoms with Crippen molar-refractivity contribution in [3.8, 4) is 0 Å². The molecule has 0 unspecified atom stereocenters. The van der Waals surface area contributed by atoms with Gasteiger partial charge in [-0.15, -0.1) is 0 Å². The molecule has 1 aromatic carbocycles. The molecule has 2 rings (SSSR count). The quantitative estimate of drug-likeness (QED) is 0.832. The van der Waals surface area contributed by atoms with E-state index >= 15 is 0 Å². The summed E-state index contributed by atoms with van der Waals surface area (Å²) in [5, 5.41) is -0.348. The largest absolute Gasteiger partial charge is 0.341 e. The fourth-order valence-electron chi connectivity index (χ4n) is 2.43. The second-order valence-electron chi connectivity index (χ2n) is 5.51. The predicted molar refractivity (Wildman–Crippen MR) is 79.3 cm³/mol. The zero-order valence-electron chi connectivity index (χ0n) is 12.0. The van der Waals surface area contributed by atoms with Crippen LogP contribution in [-0.2, 0) is 21.1 Å². The van der Waals surface area contributed by atoms with Gasteiger partial charge in [0.05, 0.1) is 17.4 Å². The van der Waals surface area contributed by atoms with Crippen LogP contribution < -0.4 is 0 Å². The zero-order valence-corrected chi connectivity index (χ0v) is 12.8. The predicted octanol–water partition coefficient (Wildman–Crippen LogP) is 1.57. The number of hydrogen-bond donors (Lipinski definition) is 0. The molecule has 20 heavy (non-hydrogen) atoms. The first-order chi connectivity index (χ1) is 9.38. The van der Waals surface area contributed by atoms with Crippen molar-refractivity contribution in [3.05, 3.63) is 35.4 Å². The van der Waals surface area contributed by atoms with Crippen LogP contribution in [-0.4, -0.2) is 43.3 Å². The summed E-state index contributed by atoms with van der Waals surface area (Å²) >= 11 is 0. The molecule has 1 heterocycles. The molecule has 1 aliphatic heterocycles. The van der Waals surface area contributed by atoms with Crippen LogP contribution in [0.4, 0.5) is 0 Å². The van der Waals surface area contributed by atoms with E-state index in [-0.39, 0.29) is 16.9 Å². The summed E-state index contributed by atoms with van der Waals surface area (Å²) in [7, 11) is -3.04. The Hall–Kier alpha value is -1.36. The highest BCUT2D eigenvalue weighted by Crippen LogP contribution is 2.14. The molecular weight excluding hydrogens is 274 g/mol. The smallest absolute Gasteiger partial charge is 0.227 e. The molecule has 0 spiro atoms. The van der Waals surface area contributed by atoms with E-state index in [1.807, 2.05) is 31.2 Å². The highest BCUT2D eigenvalue weighted by atomic mass is 32.2. The molecule has 1 aromatic rings. The lowest BCUT2D eigenvalue weighted by atomic mass is 10.1. The number of amides is 1. The Morgan fingerprint density at radius 3 is 2.80 bits per heavy atom. The van der Waals surface area contributed by atoms with Gasteiger partial charge in [-0.2, -0.15) is 0 Å². The van der Waals surface area contributed by atoms with Crippen LogP contribution in [0, 0.1) is 6.92 Å². The summed E-state index contributed by atoms with van der Waals surface area (Å²) in [4.78, 5) is 14.0. The minimum Gasteiger partial charge on any atom is -0.341 e. The molecule has 1 atom stereocenters. The van der Waals surface area contributed by atoms with Crippen molar-refractivity contribution in [1.82, 2.24) is 4.90 Å². The molecule has 0 aliphatic carbocycles. The minimum atomic E-state index is -3.04. The van der Waals surface area contributed by atoms with Gasteiger partial charge in [0.25, 0.3) is 0 Å². The standard InChI is InChI=1S/C15H21NO3S/c1-12-4-3-5-14(10-12)11-15(17)16-7-6-13(2)20(18,19)9-8-16/h3-5,10,13H,6-9,11H2,1-2H3/t13-/m1/s1. The SMILES string of the molecule is Cc1cccc(CC(=O)N2CC[C@@H](C)S(=O)(=O)CC2)c1. The van der Waals surface area contributed by atoms with Crippen molar-refractivity contribution in [2.75, 3.05) is 18.8 Å². The number of benzene rings is 1. The molecule has 1 aliphatic rings. The van der Waals surface area contributed by atoms with Crippen molar-refractivity contribution in [2.45, 2.75) is 31.9 Å². The third-order valence-electron chi connectivity index (χ3n) is 3.85. The summed E-state index contributed by atoms with van der Waals surface area (Å²) in [6.45, 7) is 4.57. The number of sulfone groups is 1. The van der Waals surface area contributed by atoms with Crippen LogP contribution in [0.2, 0.25) is 0 Å². The van der Waals surface area contributed by atoms with Gasteiger partial charge in [-0.25, -0.2) is 8.42 Å². The van der Waals surface area contributed by atoms with E-state index in [1.54, 1.807) is 11.8 Å². The molecule has 0 radical (unpaired) electrons. The monoisotopic (exact) mass is 295 g/mol. The van der Waals surface area contributed by atoms with Gasteiger partial charge in [0, 0.05) is 13.1 Å². The van der Waals surface area contributed by atoms with Crippen LogP contribution in [0.1, 0.15) is 24.5 Å². The van der Waals surface area contributed by atoms with Crippen molar-refractivity contribution >= 4 is 15.7 Å². The summed E-state index contributed by atoms with van der Waals surface area (Å²) in [5.41, 5.74) is 2.11.